The quantitative estimate of drug-likeness (QED) is 0.587. The van der Waals surface area contributed by atoms with Gasteiger partial charge in [0.15, 0.2) is 0 Å². The first-order chi connectivity index (χ1) is 5.39. The fraction of sp³-hybridized carbons (Fsp3) is 1.00. The number of rotatable bonds is 0. The van der Waals surface area contributed by atoms with Gasteiger partial charge in [-0.05, 0) is 12.8 Å². The average Bonchev–Trinajstić information content (AvgIpc) is 1.85. The number of hydrogen-bond donors (Lipinski definition) is 1. The average molecular weight is 190 g/mol. The summed E-state index contributed by atoms with van der Waals surface area (Å²) in [7, 11) is 8.50. The van der Waals surface area contributed by atoms with Crippen molar-refractivity contribution in [3.05, 3.63) is 0 Å². The third-order valence-corrected chi connectivity index (χ3v) is 1.65. The molecule has 1 fully saturated rings. The zero-order valence-electron chi connectivity index (χ0n) is 9.58. The van der Waals surface area contributed by atoms with Gasteiger partial charge in [0.2, 0.25) is 0 Å². The van der Waals surface area contributed by atoms with Gasteiger partial charge >= 0.3 is 0 Å². The molecule has 0 amide bonds. The highest BCUT2D eigenvalue weighted by Crippen LogP contribution is 2.14. The fourth-order valence-electron chi connectivity index (χ4n) is 1.13. The van der Waals surface area contributed by atoms with E-state index in [0.29, 0.717) is 6.04 Å². The number of nitrogens with two attached hydrogens (primary N) is 1. The molecule has 0 spiro atoms. The number of nitrogens with zero attached hydrogens (tertiary/aromatic N) is 1. The Labute approximate surface area is 82.8 Å². The molecule has 1 rings (SSSR count). The Hall–Kier alpha value is -0.120. The summed E-state index contributed by atoms with van der Waals surface area (Å²) in [6.45, 7) is 0. The Bertz CT molecular complexity index is 98.0. The minimum atomic E-state index is 0. The van der Waals surface area contributed by atoms with Gasteiger partial charge in [0.25, 0.3) is 0 Å². The van der Waals surface area contributed by atoms with E-state index in [1.165, 1.54) is 32.1 Å². The molecular weight excluding hydrogens is 164 g/mol. The summed E-state index contributed by atoms with van der Waals surface area (Å²) in [5, 5.41) is 0. The molecule has 0 aromatic carbocycles. The zero-order valence-corrected chi connectivity index (χ0v) is 9.58. The van der Waals surface area contributed by atoms with Crippen LogP contribution in [0, 0.1) is 0 Å². The van der Waals surface area contributed by atoms with Crippen LogP contribution in [0.4, 0.5) is 0 Å². The van der Waals surface area contributed by atoms with Crippen LogP contribution in [0.5, 0.6) is 0 Å². The summed E-state index contributed by atoms with van der Waals surface area (Å²) in [6.07, 6.45) is 6.66. The first-order valence-electron chi connectivity index (χ1n) is 4.94. The smallest absolute Gasteiger partial charge is 0.0675 e. The SMILES string of the molecule is C[N+](C)(C)C.NC1CCCCC1.[OH-]. The zero-order chi connectivity index (χ0) is 9.61. The molecule has 0 aliphatic heterocycles. The molecule has 0 radical (unpaired) electrons. The maximum Gasteiger partial charge on any atom is 0.0675 e. The summed E-state index contributed by atoms with van der Waals surface area (Å²) in [5.41, 5.74) is 5.63. The topological polar surface area (TPSA) is 56.0 Å². The van der Waals surface area contributed by atoms with Gasteiger partial charge in [-0.3, -0.25) is 0 Å². The summed E-state index contributed by atoms with van der Waals surface area (Å²) in [4.78, 5) is 0. The summed E-state index contributed by atoms with van der Waals surface area (Å²) in [5.74, 6) is 0. The van der Waals surface area contributed by atoms with Crippen LogP contribution in [0.25, 0.3) is 0 Å². The molecule has 1 aliphatic carbocycles. The minimum Gasteiger partial charge on any atom is -0.870 e. The van der Waals surface area contributed by atoms with E-state index in [2.05, 4.69) is 28.2 Å². The van der Waals surface area contributed by atoms with Crippen LogP contribution >= 0.6 is 0 Å². The van der Waals surface area contributed by atoms with Crippen molar-refractivity contribution < 1.29 is 9.96 Å². The highest BCUT2D eigenvalue weighted by Gasteiger charge is 2.06. The molecule has 3 N–H and O–H groups in total. The fourth-order valence-corrected chi connectivity index (χ4v) is 1.13. The summed E-state index contributed by atoms with van der Waals surface area (Å²) < 4.78 is 1.00. The molecule has 3 nitrogen and oxygen atoms in total. The molecule has 82 valence electrons. The van der Waals surface area contributed by atoms with E-state index in [9.17, 15) is 0 Å². The molecule has 0 saturated heterocycles. The summed E-state index contributed by atoms with van der Waals surface area (Å²) >= 11 is 0. The Morgan fingerprint density at radius 1 is 0.923 bits per heavy atom. The van der Waals surface area contributed by atoms with Crippen LogP contribution in [0.1, 0.15) is 32.1 Å². The van der Waals surface area contributed by atoms with E-state index in [1.807, 2.05) is 0 Å². The second-order valence-electron chi connectivity index (χ2n) is 5.08. The molecule has 1 aliphatic rings. The van der Waals surface area contributed by atoms with E-state index in [0.717, 1.165) is 4.48 Å². The van der Waals surface area contributed by atoms with Gasteiger partial charge in [0.1, 0.15) is 0 Å². The molecule has 3 heteroatoms. The van der Waals surface area contributed by atoms with E-state index in [4.69, 9.17) is 5.73 Å². The first kappa shape index (κ1) is 15.4. The highest BCUT2D eigenvalue weighted by atomic mass is 16.0. The first-order valence-corrected chi connectivity index (χ1v) is 4.94. The van der Waals surface area contributed by atoms with Crippen molar-refractivity contribution >= 4 is 0 Å². The van der Waals surface area contributed by atoms with Gasteiger partial charge in [-0.15, -0.1) is 0 Å². The largest absolute Gasteiger partial charge is 0.870 e. The molecule has 0 aromatic rings. The van der Waals surface area contributed by atoms with E-state index in [1.54, 1.807) is 0 Å². The molecule has 0 bridgehead atoms. The van der Waals surface area contributed by atoms with Gasteiger partial charge in [-0.1, -0.05) is 19.3 Å². The monoisotopic (exact) mass is 190 g/mol. The van der Waals surface area contributed by atoms with E-state index in [-0.39, 0.29) is 5.48 Å². The molecule has 0 heterocycles. The predicted octanol–water partition coefficient (Wildman–Crippen LogP) is 1.42. The van der Waals surface area contributed by atoms with Crippen molar-refractivity contribution in [1.29, 1.82) is 0 Å². The predicted molar refractivity (Wildman–Crippen MR) is 57.0 cm³/mol. The maximum atomic E-state index is 5.63. The summed E-state index contributed by atoms with van der Waals surface area (Å²) in [6, 6.07) is 0.536. The van der Waals surface area contributed by atoms with E-state index >= 15 is 0 Å². The van der Waals surface area contributed by atoms with E-state index < -0.39 is 0 Å². The van der Waals surface area contributed by atoms with Crippen LogP contribution in [0.15, 0.2) is 0 Å². The van der Waals surface area contributed by atoms with Gasteiger partial charge in [-0.25, -0.2) is 0 Å². The second kappa shape index (κ2) is 7.30. The molecule has 13 heavy (non-hydrogen) atoms. The maximum absolute atomic E-state index is 5.63. The highest BCUT2D eigenvalue weighted by molar-refractivity contribution is 4.66. The van der Waals surface area contributed by atoms with Crippen molar-refractivity contribution in [2.24, 2.45) is 5.73 Å². The van der Waals surface area contributed by atoms with Gasteiger partial charge in [0, 0.05) is 6.04 Å². The number of hydrogen-bond acceptors (Lipinski definition) is 2. The Kier molecular flexibility index (Phi) is 8.62. The number of quaternary nitrogens is 1. The lowest BCUT2D eigenvalue weighted by Crippen LogP contribution is -2.27. The van der Waals surface area contributed by atoms with Crippen LogP contribution in [0.2, 0.25) is 0 Å². The van der Waals surface area contributed by atoms with Crippen LogP contribution in [-0.2, 0) is 0 Å². The Morgan fingerprint density at radius 3 is 1.38 bits per heavy atom. The standard InChI is InChI=1S/C6H13N.C4H12N.H2O/c7-6-4-2-1-3-5-6;1-5(2,3)4;/h6H,1-5,7H2;1-4H3;1H2/q;+1;/p-1. The lowest BCUT2D eigenvalue weighted by Gasteiger charge is -2.15. The molecule has 0 unspecified atom stereocenters. The lowest BCUT2D eigenvalue weighted by atomic mass is 9.97. The second-order valence-corrected chi connectivity index (χ2v) is 5.08. The van der Waals surface area contributed by atoms with Crippen LogP contribution in [0.3, 0.4) is 0 Å². The Morgan fingerprint density at radius 2 is 1.23 bits per heavy atom. The Balaban J connectivity index is 0. The minimum absolute atomic E-state index is 0. The molecule has 0 aromatic heterocycles. The van der Waals surface area contributed by atoms with Gasteiger partial charge < -0.3 is 15.7 Å². The molecule has 1 saturated carbocycles. The third-order valence-electron chi connectivity index (χ3n) is 1.65. The van der Waals surface area contributed by atoms with Crippen molar-refractivity contribution in [2.45, 2.75) is 38.1 Å². The van der Waals surface area contributed by atoms with Crippen LogP contribution in [-0.4, -0.2) is 44.2 Å². The van der Waals surface area contributed by atoms with Crippen molar-refractivity contribution in [1.82, 2.24) is 0 Å². The van der Waals surface area contributed by atoms with Crippen molar-refractivity contribution in [3.63, 3.8) is 0 Å². The van der Waals surface area contributed by atoms with Crippen molar-refractivity contribution in [3.8, 4) is 0 Å². The normalized spacial score (nSPS) is 18.2. The lowest BCUT2D eigenvalue weighted by molar-refractivity contribution is -0.849. The third kappa shape index (κ3) is 18.7. The van der Waals surface area contributed by atoms with Crippen LogP contribution < -0.4 is 5.73 Å². The molecule has 0 atom stereocenters. The van der Waals surface area contributed by atoms with Crippen molar-refractivity contribution in [2.75, 3.05) is 28.2 Å². The molecular formula is C10H26N2O. The van der Waals surface area contributed by atoms with Gasteiger partial charge in [0.05, 0.1) is 28.2 Å². The van der Waals surface area contributed by atoms with Gasteiger partial charge in [-0.2, -0.15) is 0 Å².